The molecule has 4 rings (SSSR count). The highest BCUT2D eigenvalue weighted by Gasteiger charge is 2.14. The molecule has 1 N–H and O–H groups in total. The van der Waals surface area contributed by atoms with Crippen molar-refractivity contribution in [3.05, 3.63) is 75.7 Å². The lowest BCUT2D eigenvalue weighted by molar-refractivity contribution is 0.629. The lowest BCUT2D eigenvalue weighted by Crippen LogP contribution is -2.22. The molecule has 0 amide bonds. The molecule has 0 saturated heterocycles. The molecule has 0 radical (unpaired) electrons. The van der Waals surface area contributed by atoms with Crippen LogP contribution in [0.25, 0.3) is 16.6 Å². The van der Waals surface area contributed by atoms with Crippen LogP contribution in [0.3, 0.4) is 0 Å². The third-order valence-electron chi connectivity index (χ3n) is 3.51. The Balaban J connectivity index is 1.99. The number of rotatable bonds is 3. The number of nitrogens with one attached hydrogen (secondary N) is 1. The van der Waals surface area contributed by atoms with Crippen LogP contribution < -0.4 is 10.9 Å². The van der Waals surface area contributed by atoms with Gasteiger partial charge in [-0.05, 0) is 41.8 Å². The summed E-state index contributed by atoms with van der Waals surface area (Å²) in [7, 11) is 0. The van der Waals surface area contributed by atoms with Crippen LogP contribution in [0.1, 0.15) is 0 Å². The topological polar surface area (TPSA) is 59.8 Å². The molecule has 0 atom stereocenters. The van der Waals surface area contributed by atoms with Crippen LogP contribution in [0, 0.1) is 5.82 Å². The molecule has 4 aromatic rings. The molecule has 7 heteroatoms. The number of pyridine rings is 1. The Hall–Kier alpha value is -3.06. The fourth-order valence-corrected chi connectivity index (χ4v) is 3.05. The average Bonchev–Trinajstić information content (AvgIpc) is 3.11. The molecular weight excluding hydrogens is 327 g/mol. The van der Waals surface area contributed by atoms with E-state index in [0.29, 0.717) is 22.8 Å². The summed E-state index contributed by atoms with van der Waals surface area (Å²) in [4.78, 5) is 21.4. The number of thiophene rings is 1. The zero-order chi connectivity index (χ0) is 16.5. The maximum absolute atomic E-state index is 13.5. The molecule has 118 valence electrons. The van der Waals surface area contributed by atoms with E-state index in [9.17, 15) is 9.18 Å². The van der Waals surface area contributed by atoms with Crippen molar-refractivity contribution in [3.63, 3.8) is 0 Å². The van der Waals surface area contributed by atoms with Crippen LogP contribution in [0.15, 0.2) is 64.3 Å². The predicted molar refractivity (Wildman–Crippen MR) is 92.7 cm³/mol. The first-order valence-electron chi connectivity index (χ1n) is 7.14. The summed E-state index contributed by atoms with van der Waals surface area (Å²) in [5.74, 6) is -0.114. The molecule has 0 unspecified atom stereocenters. The SMILES string of the molecule is O=c1c2cc(F)ccc2nc(Nc2cccnc2)n1-c1ccsc1. The van der Waals surface area contributed by atoms with Gasteiger partial charge in [0.15, 0.2) is 0 Å². The number of hydrogen-bond acceptors (Lipinski definition) is 5. The molecule has 0 aliphatic rings. The Morgan fingerprint density at radius 1 is 1.21 bits per heavy atom. The van der Waals surface area contributed by atoms with Crippen LogP contribution >= 0.6 is 11.3 Å². The molecule has 0 aliphatic carbocycles. The summed E-state index contributed by atoms with van der Waals surface area (Å²) >= 11 is 1.46. The van der Waals surface area contributed by atoms with Crippen LogP contribution in [-0.2, 0) is 0 Å². The highest BCUT2D eigenvalue weighted by Crippen LogP contribution is 2.21. The van der Waals surface area contributed by atoms with Gasteiger partial charge in [0.05, 0.1) is 28.5 Å². The van der Waals surface area contributed by atoms with Crippen molar-refractivity contribution in [1.29, 1.82) is 0 Å². The Morgan fingerprint density at radius 3 is 2.88 bits per heavy atom. The van der Waals surface area contributed by atoms with Gasteiger partial charge in [-0.15, -0.1) is 0 Å². The van der Waals surface area contributed by atoms with Gasteiger partial charge >= 0.3 is 0 Å². The summed E-state index contributed by atoms with van der Waals surface area (Å²) in [6, 6.07) is 9.42. The van der Waals surface area contributed by atoms with Crippen LogP contribution in [-0.4, -0.2) is 14.5 Å². The number of nitrogens with zero attached hydrogens (tertiary/aromatic N) is 3. The van der Waals surface area contributed by atoms with Crippen molar-refractivity contribution >= 4 is 33.9 Å². The van der Waals surface area contributed by atoms with Crippen molar-refractivity contribution < 1.29 is 4.39 Å². The molecule has 24 heavy (non-hydrogen) atoms. The maximum Gasteiger partial charge on any atom is 0.267 e. The van der Waals surface area contributed by atoms with Crippen LogP contribution in [0.4, 0.5) is 16.0 Å². The second-order valence-electron chi connectivity index (χ2n) is 5.09. The number of hydrogen-bond donors (Lipinski definition) is 1. The standard InChI is InChI=1S/C17H11FN4OS/c18-11-3-4-15-14(8-11)16(23)22(13-5-7-24-10-13)17(21-15)20-12-2-1-6-19-9-12/h1-10H,(H,20,21). The van der Waals surface area contributed by atoms with Gasteiger partial charge in [0, 0.05) is 11.6 Å². The van der Waals surface area contributed by atoms with Crippen molar-refractivity contribution in [1.82, 2.24) is 14.5 Å². The van der Waals surface area contributed by atoms with E-state index in [1.807, 2.05) is 22.9 Å². The van der Waals surface area contributed by atoms with Gasteiger partial charge in [-0.3, -0.25) is 9.78 Å². The molecule has 1 aromatic carbocycles. The fourth-order valence-electron chi connectivity index (χ4n) is 2.43. The van der Waals surface area contributed by atoms with Gasteiger partial charge < -0.3 is 5.32 Å². The quantitative estimate of drug-likeness (QED) is 0.618. The number of benzene rings is 1. The van der Waals surface area contributed by atoms with E-state index in [1.54, 1.807) is 18.5 Å². The first-order chi connectivity index (χ1) is 11.7. The summed E-state index contributed by atoms with van der Waals surface area (Å²) in [6.45, 7) is 0. The minimum absolute atomic E-state index is 0.234. The molecule has 5 nitrogen and oxygen atoms in total. The number of aromatic nitrogens is 3. The van der Waals surface area contributed by atoms with E-state index in [4.69, 9.17) is 0 Å². The van der Waals surface area contributed by atoms with Gasteiger partial charge in [0.25, 0.3) is 5.56 Å². The van der Waals surface area contributed by atoms with Gasteiger partial charge in [0.2, 0.25) is 5.95 Å². The molecule has 0 spiro atoms. The van der Waals surface area contributed by atoms with E-state index in [-0.39, 0.29) is 10.9 Å². The van der Waals surface area contributed by atoms with Crippen molar-refractivity contribution in [3.8, 4) is 5.69 Å². The third-order valence-corrected chi connectivity index (χ3v) is 4.18. The highest BCUT2D eigenvalue weighted by molar-refractivity contribution is 7.08. The summed E-state index contributed by atoms with van der Waals surface area (Å²) in [5.41, 5.74) is 1.48. The Morgan fingerprint density at radius 2 is 2.12 bits per heavy atom. The fraction of sp³-hybridized carbons (Fsp3) is 0. The monoisotopic (exact) mass is 338 g/mol. The number of fused-ring (bicyclic) bond motifs is 1. The summed E-state index contributed by atoms with van der Waals surface area (Å²) in [5, 5.41) is 7.05. The molecular formula is C17H11FN4OS. The normalized spacial score (nSPS) is 10.9. The molecule has 0 saturated carbocycles. The van der Waals surface area contributed by atoms with E-state index in [0.717, 1.165) is 0 Å². The predicted octanol–water partition coefficient (Wildman–Crippen LogP) is 3.72. The Kier molecular flexibility index (Phi) is 3.55. The summed E-state index contributed by atoms with van der Waals surface area (Å²) < 4.78 is 15.0. The lowest BCUT2D eigenvalue weighted by Gasteiger charge is -2.13. The zero-order valence-electron chi connectivity index (χ0n) is 12.3. The van der Waals surface area contributed by atoms with Crippen LogP contribution in [0.5, 0.6) is 0 Å². The lowest BCUT2D eigenvalue weighted by atomic mass is 10.2. The number of anilines is 2. The number of halogens is 1. The summed E-state index contributed by atoms with van der Waals surface area (Å²) in [6.07, 6.45) is 3.30. The first-order valence-corrected chi connectivity index (χ1v) is 8.08. The second kappa shape index (κ2) is 5.86. The highest BCUT2D eigenvalue weighted by atomic mass is 32.1. The van der Waals surface area contributed by atoms with E-state index < -0.39 is 5.82 Å². The molecule has 0 bridgehead atoms. The second-order valence-corrected chi connectivity index (χ2v) is 5.87. The van der Waals surface area contributed by atoms with Gasteiger partial charge in [-0.2, -0.15) is 11.3 Å². The van der Waals surface area contributed by atoms with E-state index >= 15 is 0 Å². The molecule has 3 heterocycles. The zero-order valence-corrected chi connectivity index (χ0v) is 13.1. The maximum atomic E-state index is 13.5. The van der Waals surface area contributed by atoms with Crippen molar-refractivity contribution in [2.75, 3.05) is 5.32 Å². The first kappa shape index (κ1) is 14.5. The van der Waals surface area contributed by atoms with Gasteiger partial charge in [0.1, 0.15) is 5.82 Å². The molecule has 3 aromatic heterocycles. The van der Waals surface area contributed by atoms with E-state index in [1.165, 1.54) is 34.1 Å². The smallest absolute Gasteiger partial charge is 0.267 e. The average molecular weight is 338 g/mol. The van der Waals surface area contributed by atoms with Crippen molar-refractivity contribution in [2.45, 2.75) is 0 Å². The Bertz CT molecular complexity index is 1060. The minimum atomic E-state index is -0.466. The molecule has 0 aliphatic heterocycles. The van der Waals surface area contributed by atoms with Crippen molar-refractivity contribution in [2.24, 2.45) is 0 Å². The molecule has 0 fully saturated rings. The van der Waals surface area contributed by atoms with E-state index in [2.05, 4.69) is 15.3 Å². The van der Waals surface area contributed by atoms with Gasteiger partial charge in [-0.1, -0.05) is 0 Å². The van der Waals surface area contributed by atoms with Crippen LogP contribution in [0.2, 0.25) is 0 Å². The Labute approximate surface area is 140 Å². The largest absolute Gasteiger partial charge is 0.324 e. The van der Waals surface area contributed by atoms with Gasteiger partial charge in [-0.25, -0.2) is 13.9 Å². The third kappa shape index (κ3) is 2.55. The minimum Gasteiger partial charge on any atom is -0.324 e.